The van der Waals surface area contributed by atoms with Gasteiger partial charge in [0.15, 0.2) is 5.78 Å². The average molecular weight is 322 g/mol. The number of Topliss-reactive ketones (excluding diaryl/α,β-unsaturated/α-hetero) is 1. The van der Waals surface area contributed by atoms with E-state index in [1.54, 1.807) is 19.1 Å². The molecule has 2 nitrogen and oxygen atoms in total. The van der Waals surface area contributed by atoms with Crippen molar-refractivity contribution in [3.05, 3.63) is 69.0 Å². The van der Waals surface area contributed by atoms with Gasteiger partial charge in [-0.2, -0.15) is 5.26 Å². The fraction of sp³-hybridized carbons (Fsp3) is 0.125. The van der Waals surface area contributed by atoms with Crippen molar-refractivity contribution >= 4 is 29.0 Å². The number of ketones is 1. The molecule has 0 radical (unpaired) electrons. The van der Waals surface area contributed by atoms with E-state index < -0.39 is 17.5 Å². The Labute approximate surface area is 131 Å². The second-order valence-electron chi connectivity index (χ2n) is 4.54. The summed E-state index contributed by atoms with van der Waals surface area (Å²) in [5.41, 5.74) is 0.741. The molecule has 2 aromatic rings. The molecule has 2 aromatic carbocycles. The van der Waals surface area contributed by atoms with Crippen LogP contribution in [0.5, 0.6) is 0 Å². The molecule has 0 spiro atoms. The van der Waals surface area contributed by atoms with Crippen molar-refractivity contribution in [1.82, 2.24) is 0 Å². The first kappa shape index (κ1) is 15.5. The van der Waals surface area contributed by atoms with Crippen LogP contribution in [0, 0.1) is 24.1 Å². The van der Waals surface area contributed by atoms with E-state index in [4.69, 9.17) is 23.2 Å². The Bertz CT molecular complexity index is 732. The highest BCUT2D eigenvalue weighted by molar-refractivity contribution is 6.36. The SMILES string of the molecule is Cc1ccc(C(=O)C(C#N)c2c(Cl)cccc2Cl)c(F)c1. The lowest BCUT2D eigenvalue weighted by atomic mass is 9.91. The molecule has 0 fully saturated rings. The van der Waals surface area contributed by atoms with Gasteiger partial charge in [-0.05, 0) is 36.8 Å². The Morgan fingerprint density at radius 3 is 2.38 bits per heavy atom. The van der Waals surface area contributed by atoms with Crippen molar-refractivity contribution < 1.29 is 9.18 Å². The van der Waals surface area contributed by atoms with E-state index in [1.807, 2.05) is 6.07 Å². The van der Waals surface area contributed by atoms with Gasteiger partial charge in [0.1, 0.15) is 11.7 Å². The van der Waals surface area contributed by atoms with Crippen LogP contribution < -0.4 is 0 Å². The lowest BCUT2D eigenvalue weighted by molar-refractivity contribution is 0.0975. The Morgan fingerprint density at radius 2 is 1.86 bits per heavy atom. The number of benzene rings is 2. The highest BCUT2D eigenvalue weighted by Crippen LogP contribution is 2.33. The molecule has 5 heteroatoms. The minimum absolute atomic E-state index is 0.150. The molecule has 0 N–H and O–H groups in total. The first-order chi connectivity index (χ1) is 9.95. The molecular weight excluding hydrogens is 312 g/mol. The van der Waals surface area contributed by atoms with Crippen LogP contribution in [0.3, 0.4) is 0 Å². The fourth-order valence-electron chi connectivity index (χ4n) is 2.02. The van der Waals surface area contributed by atoms with Gasteiger partial charge in [0.25, 0.3) is 0 Å². The summed E-state index contributed by atoms with van der Waals surface area (Å²) in [5.74, 6) is -2.57. The van der Waals surface area contributed by atoms with Crippen molar-refractivity contribution in [3.63, 3.8) is 0 Å². The third-order valence-corrected chi connectivity index (χ3v) is 3.73. The number of rotatable bonds is 3. The molecule has 0 aliphatic heterocycles. The van der Waals surface area contributed by atoms with E-state index >= 15 is 0 Å². The molecule has 0 saturated heterocycles. The zero-order valence-electron chi connectivity index (χ0n) is 11.0. The third-order valence-electron chi connectivity index (χ3n) is 3.07. The van der Waals surface area contributed by atoms with Crippen molar-refractivity contribution in [3.8, 4) is 6.07 Å². The highest BCUT2D eigenvalue weighted by Gasteiger charge is 2.28. The summed E-state index contributed by atoms with van der Waals surface area (Å²) in [5, 5.41) is 9.70. The largest absolute Gasteiger partial charge is 0.292 e. The topological polar surface area (TPSA) is 40.9 Å². The predicted octanol–water partition coefficient (Wildman–Crippen LogP) is 4.93. The molecule has 1 atom stereocenters. The predicted molar refractivity (Wildman–Crippen MR) is 80.3 cm³/mol. The molecule has 2 rings (SSSR count). The highest BCUT2D eigenvalue weighted by atomic mass is 35.5. The zero-order valence-corrected chi connectivity index (χ0v) is 12.5. The van der Waals surface area contributed by atoms with Gasteiger partial charge in [-0.1, -0.05) is 35.3 Å². The lowest BCUT2D eigenvalue weighted by Gasteiger charge is -2.13. The van der Waals surface area contributed by atoms with Gasteiger partial charge in [-0.15, -0.1) is 0 Å². The van der Waals surface area contributed by atoms with Crippen LogP contribution in [0.15, 0.2) is 36.4 Å². The van der Waals surface area contributed by atoms with Crippen molar-refractivity contribution in [2.75, 3.05) is 0 Å². The number of aryl methyl sites for hydroxylation is 1. The number of halogens is 3. The summed E-state index contributed by atoms with van der Waals surface area (Å²) >= 11 is 12.0. The average Bonchev–Trinajstić information content (AvgIpc) is 2.42. The molecule has 0 aliphatic carbocycles. The second kappa shape index (κ2) is 6.26. The van der Waals surface area contributed by atoms with E-state index in [-0.39, 0.29) is 21.2 Å². The maximum atomic E-state index is 13.9. The van der Waals surface area contributed by atoms with Gasteiger partial charge < -0.3 is 0 Å². The van der Waals surface area contributed by atoms with Crippen LogP contribution in [0.2, 0.25) is 10.0 Å². The first-order valence-corrected chi connectivity index (χ1v) is 6.85. The van der Waals surface area contributed by atoms with Crippen molar-refractivity contribution in [2.24, 2.45) is 0 Å². The van der Waals surface area contributed by atoms with E-state index in [2.05, 4.69) is 0 Å². The van der Waals surface area contributed by atoms with Crippen molar-refractivity contribution in [2.45, 2.75) is 12.8 Å². The Morgan fingerprint density at radius 1 is 1.24 bits per heavy atom. The Kier molecular flexibility index (Phi) is 4.62. The minimum Gasteiger partial charge on any atom is -0.292 e. The monoisotopic (exact) mass is 321 g/mol. The number of carbonyl (C=O) groups is 1. The molecule has 21 heavy (non-hydrogen) atoms. The van der Waals surface area contributed by atoms with Gasteiger partial charge in [0.2, 0.25) is 0 Å². The molecule has 1 unspecified atom stereocenters. The Balaban J connectivity index is 2.52. The van der Waals surface area contributed by atoms with Gasteiger partial charge in [0.05, 0.1) is 11.6 Å². The molecule has 0 heterocycles. The third kappa shape index (κ3) is 3.07. The fourth-order valence-corrected chi connectivity index (χ4v) is 2.63. The summed E-state index contributed by atoms with van der Waals surface area (Å²) in [4.78, 5) is 12.4. The van der Waals surface area contributed by atoms with E-state index in [0.29, 0.717) is 5.56 Å². The van der Waals surface area contributed by atoms with Gasteiger partial charge >= 0.3 is 0 Å². The van der Waals surface area contributed by atoms with E-state index in [0.717, 1.165) is 0 Å². The van der Waals surface area contributed by atoms with Crippen LogP contribution in [0.4, 0.5) is 4.39 Å². The van der Waals surface area contributed by atoms with Crippen LogP contribution >= 0.6 is 23.2 Å². The zero-order chi connectivity index (χ0) is 15.6. The standard InChI is InChI=1S/C16H10Cl2FNO/c1-9-5-6-10(14(19)7-9)16(21)11(8-20)15-12(17)3-2-4-13(15)18/h2-7,11H,1H3. The van der Waals surface area contributed by atoms with Gasteiger partial charge in [-0.3, -0.25) is 4.79 Å². The normalized spacial score (nSPS) is 11.8. The number of hydrogen-bond donors (Lipinski definition) is 0. The van der Waals surface area contributed by atoms with Gasteiger partial charge in [0, 0.05) is 15.6 Å². The molecular formula is C16H10Cl2FNO. The van der Waals surface area contributed by atoms with Crippen molar-refractivity contribution in [1.29, 1.82) is 5.26 Å². The minimum atomic E-state index is -1.25. The summed E-state index contributed by atoms with van der Waals surface area (Å²) in [7, 11) is 0. The quantitative estimate of drug-likeness (QED) is 0.752. The molecule has 0 bridgehead atoms. The van der Waals surface area contributed by atoms with Crippen LogP contribution in [0.1, 0.15) is 27.4 Å². The van der Waals surface area contributed by atoms with E-state index in [9.17, 15) is 14.4 Å². The molecule has 0 aliphatic rings. The summed E-state index contributed by atoms with van der Waals surface area (Å²) < 4.78 is 13.9. The Hall–Kier alpha value is -1.89. The number of carbonyl (C=O) groups excluding carboxylic acids is 1. The summed E-state index contributed by atoms with van der Waals surface area (Å²) in [6.07, 6.45) is 0. The van der Waals surface area contributed by atoms with Crippen LogP contribution in [-0.4, -0.2) is 5.78 Å². The number of hydrogen-bond acceptors (Lipinski definition) is 2. The second-order valence-corrected chi connectivity index (χ2v) is 5.36. The van der Waals surface area contributed by atoms with Crippen LogP contribution in [-0.2, 0) is 0 Å². The van der Waals surface area contributed by atoms with E-state index in [1.165, 1.54) is 24.3 Å². The van der Waals surface area contributed by atoms with Gasteiger partial charge in [-0.25, -0.2) is 4.39 Å². The maximum absolute atomic E-state index is 13.9. The molecule has 0 saturated carbocycles. The molecule has 106 valence electrons. The smallest absolute Gasteiger partial charge is 0.187 e. The number of nitrogens with zero attached hydrogens (tertiary/aromatic N) is 1. The molecule has 0 amide bonds. The molecule has 0 aromatic heterocycles. The summed E-state index contributed by atoms with van der Waals surface area (Å²) in [6.45, 7) is 1.71. The van der Waals surface area contributed by atoms with Crippen LogP contribution in [0.25, 0.3) is 0 Å². The number of nitriles is 1. The lowest BCUT2D eigenvalue weighted by Crippen LogP contribution is -2.14. The summed E-state index contributed by atoms with van der Waals surface area (Å²) in [6, 6.07) is 10.8. The maximum Gasteiger partial charge on any atom is 0.187 e. The first-order valence-electron chi connectivity index (χ1n) is 6.09.